The van der Waals surface area contributed by atoms with Crippen LogP contribution in [0.5, 0.6) is 0 Å². The van der Waals surface area contributed by atoms with Crippen LogP contribution in [0.3, 0.4) is 0 Å². The lowest BCUT2D eigenvalue weighted by atomic mass is 9.88. The van der Waals surface area contributed by atoms with Gasteiger partial charge in [-0.2, -0.15) is 0 Å². The van der Waals surface area contributed by atoms with Crippen LogP contribution in [-0.2, 0) is 17.3 Å². The first-order valence-corrected chi connectivity index (χ1v) is 7.83. The van der Waals surface area contributed by atoms with Crippen LogP contribution in [0.4, 0.5) is 0 Å². The maximum absolute atomic E-state index is 4.56. The number of hydrogen-bond donors (Lipinski definition) is 0. The topological polar surface area (TPSA) is 25.8 Å². The molecule has 98 valence electrons. The smallest absolute Gasteiger partial charge is 0.0981 e. The van der Waals surface area contributed by atoms with Crippen molar-refractivity contribution in [1.82, 2.24) is 9.97 Å². The molecule has 0 atom stereocenters. The summed E-state index contributed by atoms with van der Waals surface area (Å²) in [6.07, 6.45) is 5.05. The fourth-order valence-electron chi connectivity index (χ4n) is 1.81. The standard InChI is InChI=1S/C14H20N2S2/c1-13(2,3)12-16-7-10(18-12)6-14(4,5)11-8-15-9-17-11/h7-9H,6H2,1-5H3. The third kappa shape index (κ3) is 2.98. The van der Waals surface area contributed by atoms with E-state index < -0.39 is 0 Å². The Hall–Kier alpha value is -0.740. The number of aromatic nitrogens is 2. The van der Waals surface area contributed by atoms with Gasteiger partial charge in [-0.1, -0.05) is 34.6 Å². The average Bonchev–Trinajstić information content (AvgIpc) is 2.83. The molecule has 0 fully saturated rings. The minimum absolute atomic E-state index is 0.142. The van der Waals surface area contributed by atoms with Crippen LogP contribution in [-0.4, -0.2) is 9.97 Å². The first-order chi connectivity index (χ1) is 8.29. The molecule has 2 nitrogen and oxygen atoms in total. The van der Waals surface area contributed by atoms with Gasteiger partial charge in [-0.05, 0) is 6.42 Å². The van der Waals surface area contributed by atoms with Crippen molar-refractivity contribution in [3.8, 4) is 0 Å². The summed E-state index contributed by atoms with van der Waals surface area (Å²) in [5.74, 6) is 0. The van der Waals surface area contributed by atoms with Crippen LogP contribution >= 0.6 is 22.7 Å². The summed E-state index contributed by atoms with van der Waals surface area (Å²) in [5.41, 5.74) is 2.20. The normalized spacial score (nSPS) is 12.9. The lowest BCUT2D eigenvalue weighted by molar-refractivity contribution is 0.537. The van der Waals surface area contributed by atoms with E-state index >= 15 is 0 Å². The molecule has 2 rings (SSSR count). The minimum atomic E-state index is 0.142. The van der Waals surface area contributed by atoms with E-state index in [9.17, 15) is 0 Å². The van der Waals surface area contributed by atoms with Gasteiger partial charge in [0.05, 0.1) is 10.5 Å². The van der Waals surface area contributed by atoms with Crippen LogP contribution in [0, 0.1) is 0 Å². The lowest BCUT2D eigenvalue weighted by Crippen LogP contribution is -2.18. The molecule has 0 spiro atoms. The molecule has 0 unspecified atom stereocenters. The first-order valence-electron chi connectivity index (χ1n) is 6.13. The van der Waals surface area contributed by atoms with Gasteiger partial charge in [0.15, 0.2) is 0 Å². The Balaban J connectivity index is 2.17. The number of hydrogen-bond acceptors (Lipinski definition) is 4. The zero-order valence-electron chi connectivity index (χ0n) is 11.7. The molecule has 0 saturated heterocycles. The van der Waals surface area contributed by atoms with E-state index in [2.05, 4.69) is 44.6 Å². The van der Waals surface area contributed by atoms with Crippen LogP contribution in [0.1, 0.15) is 49.4 Å². The summed E-state index contributed by atoms with van der Waals surface area (Å²) < 4.78 is 0. The second-order valence-corrected chi connectivity index (χ2v) is 8.31. The minimum Gasteiger partial charge on any atom is -0.253 e. The SMILES string of the molecule is CC(C)(C)c1ncc(CC(C)(C)c2cncs2)s1. The Bertz CT molecular complexity index is 504. The second-order valence-electron chi connectivity index (χ2n) is 6.31. The van der Waals surface area contributed by atoms with E-state index in [0.717, 1.165) is 6.42 Å². The molecule has 0 bridgehead atoms. The van der Waals surface area contributed by atoms with Crippen LogP contribution < -0.4 is 0 Å². The van der Waals surface area contributed by atoms with Gasteiger partial charge < -0.3 is 0 Å². The quantitative estimate of drug-likeness (QED) is 0.832. The monoisotopic (exact) mass is 280 g/mol. The summed E-state index contributed by atoms with van der Waals surface area (Å²) in [4.78, 5) is 11.4. The summed E-state index contributed by atoms with van der Waals surface area (Å²) >= 11 is 3.57. The van der Waals surface area contributed by atoms with Gasteiger partial charge in [-0.25, -0.2) is 4.98 Å². The van der Waals surface area contributed by atoms with Crippen molar-refractivity contribution in [3.05, 3.63) is 32.7 Å². The van der Waals surface area contributed by atoms with E-state index in [1.165, 1.54) is 14.8 Å². The van der Waals surface area contributed by atoms with E-state index in [1.54, 1.807) is 11.3 Å². The van der Waals surface area contributed by atoms with Gasteiger partial charge in [-0.3, -0.25) is 4.98 Å². The summed E-state index contributed by atoms with van der Waals surface area (Å²) in [6.45, 7) is 11.2. The van der Waals surface area contributed by atoms with E-state index in [0.29, 0.717) is 0 Å². The molecule has 0 amide bonds. The Labute approximate surface area is 117 Å². The summed E-state index contributed by atoms with van der Waals surface area (Å²) in [6, 6.07) is 0. The van der Waals surface area contributed by atoms with Gasteiger partial charge in [0.1, 0.15) is 0 Å². The van der Waals surface area contributed by atoms with Crippen molar-refractivity contribution in [2.75, 3.05) is 0 Å². The van der Waals surface area contributed by atoms with Crippen molar-refractivity contribution in [3.63, 3.8) is 0 Å². The van der Waals surface area contributed by atoms with Crippen molar-refractivity contribution in [2.45, 2.75) is 51.9 Å². The van der Waals surface area contributed by atoms with Gasteiger partial charge >= 0.3 is 0 Å². The molecular weight excluding hydrogens is 260 g/mol. The maximum Gasteiger partial charge on any atom is 0.0981 e. The highest BCUT2D eigenvalue weighted by Gasteiger charge is 2.25. The lowest BCUT2D eigenvalue weighted by Gasteiger charge is -2.21. The Morgan fingerprint density at radius 3 is 2.33 bits per heavy atom. The van der Waals surface area contributed by atoms with Gasteiger partial charge in [-0.15, -0.1) is 22.7 Å². The molecule has 0 aliphatic rings. The Morgan fingerprint density at radius 1 is 1.11 bits per heavy atom. The maximum atomic E-state index is 4.56. The van der Waals surface area contributed by atoms with Crippen LogP contribution in [0.25, 0.3) is 0 Å². The summed E-state index contributed by atoms with van der Waals surface area (Å²) in [5, 5.41) is 1.22. The van der Waals surface area contributed by atoms with Crippen molar-refractivity contribution >= 4 is 22.7 Å². The van der Waals surface area contributed by atoms with Crippen LogP contribution in [0.2, 0.25) is 0 Å². The van der Waals surface area contributed by atoms with Gasteiger partial charge in [0, 0.05) is 33.0 Å². The predicted molar refractivity (Wildman–Crippen MR) is 79.7 cm³/mol. The zero-order valence-corrected chi connectivity index (χ0v) is 13.3. The molecular formula is C14H20N2S2. The number of nitrogens with zero attached hydrogens (tertiary/aromatic N) is 2. The molecule has 18 heavy (non-hydrogen) atoms. The predicted octanol–water partition coefficient (Wildman–Crippen LogP) is 4.42. The van der Waals surface area contributed by atoms with Crippen molar-refractivity contribution in [1.29, 1.82) is 0 Å². The fraction of sp³-hybridized carbons (Fsp3) is 0.571. The molecule has 0 radical (unpaired) electrons. The third-order valence-electron chi connectivity index (χ3n) is 2.91. The number of thiazole rings is 2. The van der Waals surface area contributed by atoms with Gasteiger partial charge in [0.25, 0.3) is 0 Å². The molecule has 0 aliphatic carbocycles. The van der Waals surface area contributed by atoms with Crippen molar-refractivity contribution in [2.24, 2.45) is 0 Å². The highest BCUT2D eigenvalue weighted by Crippen LogP contribution is 2.34. The molecule has 0 N–H and O–H groups in total. The Kier molecular flexibility index (Phi) is 3.60. The van der Waals surface area contributed by atoms with E-state index in [4.69, 9.17) is 0 Å². The molecule has 4 heteroatoms. The molecule has 2 aromatic rings. The van der Waals surface area contributed by atoms with Crippen LogP contribution in [0.15, 0.2) is 17.9 Å². The Morgan fingerprint density at radius 2 is 1.83 bits per heavy atom. The zero-order chi connectivity index (χ0) is 13.4. The molecule has 2 heterocycles. The van der Waals surface area contributed by atoms with Gasteiger partial charge in [0.2, 0.25) is 0 Å². The van der Waals surface area contributed by atoms with E-state index in [1.807, 2.05) is 29.2 Å². The fourth-order valence-corrected chi connectivity index (χ4v) is 3.76. The second kappa shape index (κ2) is 4.74. The molecule has 2 aromatic heterocycles. The molecule has 0 saturated carbocycles. The average molecular weight is 280 g/mol. The number of rotatable bonds is 3. The summed E-state index contributed by atoms with van der Waals surface area (Å²) in [7, 11) is 0. The van der Waals surface area contributed by atoms with Crippen molar-refractivity contribution < 1.29 is 0 Å². The first kappa shape index (κ1) is 13.7. The largest absolute Gasteiger partial charge is 0.253 e. The third-order valence-corrected chi connectivity index (χ3v) is 5.47. The highest BCUT2D eigenvalue weighted by molar-refractivity contribution is 7.11. The molecule has 0 aromatic carbocycles. The van der Waals surface area contributed by atoms with E-state index in [-0.39, 0.29) is 10.8 Å². The highest BCUT2D eigenvalue weighted by atomic mass is 32.1. The molecule has 0 aliphatic heterocycles.